The maximum absolute atomic E-state index is 13.9. The van der Waals surface area contributed by atoms with Crippen molar-refractivity contribution in [3.63, 3.8) is 0 Å². The standard InChI is InChI=1S/C16H16Cl2FN/c1-20-10-12(11-4-2-5-13(17)8-11)9-14-15(18)6-3-7-16(14)19/h2-8,12,20H,9-10H2,1H3. The zero-order valence-corrected chi connectivity index (χ0v) is 12.7. The van der Waals surface area contributed by atoms with Gasteiger partial charge in [-0.15, -0.1) is 0 Å². The molecule has 1 nitrogen and oxygen atoms in total. The number of rotatable bonds is 5. The van der Waals surface area contributed by atoms with Gasteiger partial charge in [0.05, 0.1) is 0 Å². The van der Waals surface area contributed by atoms with Crippen molar-refractivity contribution >= 4 is 23.2 Å². The largest absolute Gasteiger partial charge is 0.319 e. The van der Waals surface area contributed by atoms with Gasteiger partial charge in [0.15, 0.2) is 0 Å². The van der Waals surface area contributed by atoms with E-state index in [1.165, 1.54) is 6.07 Å². The molecule has 0 saturated heterocycles. The Morgan fingerprint density at radius 2 is 1.90 bits per heavy atom. The molecule has 0 saturated carbocycles. The number of halogens is 3. The molecule has 0 heterocycles. The van der Waals surface area contributed by atoms with Crippen molar-refractivity contribution in [2.45, 2.75) is 12.3 Å². The van der Waals surface area contributed by atoms with Gasteiger partial charge in [-0.1, -0.05) is 41.4 Å². The van der Waals surface area contributed by atoms with Gasteiger partial charge >= 0.3 is 0 Å². The van der Waals surface area contributed by atoms with Gasteiger partial charge in [-0.05, 0) is 43.3 Å². The molecule has 0 amide bonds. The second-order valence-corrected chi connectivity index (χ2v) is 5.56. The highest BCUT2D eigenvalue weighted by Crippen LogP contribution is 2.28. The van der Waals surface area contributed by atoms with Crippen LogP contribution in [0.1, 0.15) is 17.0 Å². The van der Waals surface area contributed by atoms with Crippen molar-refractivity contribution in [2.24, 2.45) is 0 Å². The number of benzene rings is 2. The van der Waals surface area contributed by atoms with E-state index in [2.05, 4.69) is 5.32 Å². The number of hydrogen-bond acceptors (Lipinski definition) is 1. The van der Waals surface area contributed by atoms with Crippen LogP contribution in [-0.4, -0.2) is 13.6 Å². The quantitative estimate of drug-likeness (QED) is 0.845. The third-order valence-corrected chi connectivity index (χ3v) is 3.87. The van der Waals surface area contributed by atoms with Crippen molar-refractivity contribution in [1.29, 1.82) is 0 Å². The third kappa shape index (κ3) is 3.72. The van der Waals surface area contributed by atoms with Crippen LogP contribution in [-0.2, 0) is 6.42 Å². The van der Waals surface area contributed by atoms with Gasteiger partial charge in [0.2, 0.25) is 0 Å². The lowest BCUT2D eigenvalue weighted by molar-refractivity contribution is 0.574. The fraction of sp³-hybridized carbons (Fsp3) is 0.250. The first-order valence-corrected chi connectivity index (χ1v) is 7.20. The minimum absolute atomic E-state index is 0.119. The second kappa shape index (κ2) is 7.07. The average Bonchev–Trinajstić information content (AvgIpc) is 2.42. The predicted octanol–water partition coefficient (Wildman–Crippen LogP) is 4.68. The summed E-state index contributed by atoms with van der Waals surface area (Å²) in [7, 11) is 1.88. The molecule has 0 radical (unpaired) electrons. The van der Waals surface area contributed by atoms with Gasteiger partial charge in [-0.2, -0.15) is 0 Å². The van der Waals surface area contributed by atoms with Gasteiger partial charge in [-0.25, -0.2) is 4.39 Å². The van der Waals surface area contributed by atoms with E-state index in [0.29, 0.717) is 22.0 Å². The lowest BCUT2D eigenvalue weighted by Crippen LogP contribution is -2.19. The van der Waals surface area contributed by atoms with Crippen molar-refractivity contribution in [3.8, 4) is 0 Å². The summed E-state index contributed by atoms with van der Waals surface area (Å²) in [4.78, 5) is 0. The summed E-state index contributed by atoms with van der Waals surface area (Å²) in [5.41, 5.74) is 1.63. The van der Waals surface area contributed by atoms with E-state index in [1.54, 1.807) is 12.1 Å². The van der Waals surface area contributed by atoms with Gasteiger partial charge in [0.1, 0.15) is 5.82 Å². The van der Waals surface area contributed by atoms with E-state index in [4.69, 9.17) is 23.2 Å². The average molecular weight is 312 g/mol. The Morgan fingerprint density at radius 3 is 2.55 bits per heavy atom. The van der Waals surface area contributed by atoms with Gasteiger partial charge < -0.3 is 5.32 Å². The van der Waals surface area contributed by atoms with E-state index >= 15 is 0 Å². The minimum Gasteiger partial charge on any atom is -0.319 e. The molecule has 2 aromatic rings. The molecule has 1 unspecified atom stereocenters. The molecule has 0 spiro atoms. The van der Waals surface area contributed by atoms with Crippen LogP contribution in [0.15, 0.2) is 42.5 Å². The molecule has 0 aliphatic rings. The topological polar surface area (TPSA) is 12.0 Å². The highest BCUT2D eigenvalue weighted by atomic mass is 35.5. The van der Waals surface area contributed by atoms with Crippen LogP contribution in [0.4, 0.5) is 4.39 Å². The summed E-state index contributed by atoms with van der Waals surface area (Å²) < 4.78 is 13.9. The van der Waals surface area contributed by atoms with Crippen molar-refractivity contribution < 1.29 is 4.39 Å². The van der Waals surface area contributed by atoms with Gasteiger partial charge in [0.25, 0.3) is 0 Å². The lowest BCUT2D eigenvalue weighted by atomic mass is 9.91. The summed E-state index contributed by atoms with van der Waals surface area (Å²) in [5.74, 6) is -0.145. The van der Waals surface area contributed by atoms with E-state index < -0.39 is 0 Å². The normalized spacial score (nSPS) is 12.4. The zero-order valence-electron chi connectivity index (χ0n) is 11.2. The van der Waals surface area contributed by atoms with Gasteiger partial charge in [0, 0.05) is 28.1 Å². The van der Waals surface area contributed by atoms with Gasteiger partial charge in [-0.3, -0.25) is 0 Å². The molecular weight excluding hydrogens is 296 g/mol. The molecule has 1 atom stereocenters. The van der Waals surface area contributed by atoms with Crippen molar-refractivity contribution in [2.75, 3.05) is 13.6 Å². The molecular formula is C16H16Cl2FN. The Kier molecular flexibility index (Phi) is 5.41. The molecule has 0 aromatic heterocycles. The smallest absolute Gasteiger partial charge is 0.127 e. The summed E-state index contributed by atoms with van der Waals surface area (Å²) >= 11 is 12.1. The Balaban J connectivity index is 2.30. The fourth-order valence-electron chi connectivity index (χ4n) is 2.29. The molecule has 2 rings (SSSR count). The molecule has 20 heavy (non-hydrogen) atoms. The van der Waals surface area contributed by atoms with E-state index in [1.807, 2.05) is 31.3 Å². The molecule has 1 N–H and O–H groups in total. The zero-order chi connectivity index (χ0) is 14.5. The first-order valence-electron chi connectivity index (χ1n) is 6.44. The Hall–Kier alpha value is -1.09. The highest BCUT2D eigenvalue weighted by molar-refractivity contribution is 6.31. The summed E-state index contributed by atoms with van der Waals surface area (Å²) in [6.45, 7) is 0.727. The van der Waals surface area contributed by atoms with Crippen LogP contribution in [0, 0.1) is 5.82 Å². The Labute approximate surface area is 128 Å². The monoisotopic (exact) mass is 311 g/mol. The second-order valence-electron chi connectivity index (χ2n) is 4.71. The third-order valence-electron chi connectivity index (χ3n) is 3.28. The van der Waals surface area contributed by atoms with Crippen LogP contribution in [0.5, 0.6) is 0 Å². The molecule has 0 aliphatic carbocycles. The Bertz CT molecular complexity index is 566. The molecule has 0 aliphatic heterocycles. The highest BCUT2D eigenvalue weighted by Gasteiger charge is 2.16. The molecule has 4 heteroatoms. The maximum atomic E-state index is 13.9. The first kappa shape index (κ1) is 15.3. The molecule has 0 fully saturated rings. The van der Waals surface area contributed by atoms with Crippen LogP contribution in [0.3, 0.4) is 0 Å². The number of hydrogen-bond donors (Lipinski definition) is 1. The lowest BCUT2D eigenvalue weighted by Gasteiger charge is -2.18. The van der Waals surface area contributed by atoms with E-state index in [9.17, 15) is 4.39 Å². The van der Waals surface area contributed by atoms with Crippen LogP contribution >= 0.6 is 23.2 Å². The van der Waals surface area contributed by atoms with Crippen LogP contribution in [0.25, 0.3) is 0 Å². The van der Waals surface area contributed by atoms with Crippen molar-refractivity contribution in [3.05, 3.63) is 69.5 Å². The predicted molar refractivity (Wildman–Crippen MR) is 83.2 cm³/mol. The van der Waals surface area contributed by atoms with Crippen LogP contribution in [0.2, 0.25) is 10.0 Å². The molecule has 106 valence electrons. The van der Waals surface area contributed by atoms with Crippen LogP contribution < -0.4 is 5.32 Å². The Morgan fingerprint density at radius 1 is 1.15 bits per heavy atom. The van der Waals surface area contributed by atoms with Crippen molar-refractivity contribution in [1.82, 2.24) is 5.32 Å². The minimum atomic E-state index is -0.263. The SMILES string of the molecule is CNCC(Cc1c(F)cccc1Cl)c1cccc(Cl)c1. The summed E-state index contributed by atoms with van der Waals surface area (Å²) in [5, 5.41) is 4.29. The number of likely N-dealkylation sites (N-methyl/N-ethyl adjacent to an activating group) is 1. The molecule has 0 bridgehead atoms. The van der Waals surface area contributed by atoms with E-state index in [-0.39, 0.29) is 11.7 Å². The first-order chi connectivity index (χ1) is 9.61. The summed E-state index contributed by atoms with van der Waals surface area (Å²) in [6.07, 6.45) is 0.534. The maximum Gasteiger partial charge on any atom is 0.127 e. The molecule has 2 aromatic carbocycles. The fourth-order valence-corrected chi connectivity index (χ4v) is 2.73. The summed E-state index contributed by atoms with van der Waals surface area (Å²) in [6, 6.07) is 12.4. The number of nitrogens with one attached hydrogen (secondary N) is 1. The van der Waals surface area contributed by atoms with E-state index in [0.717, 1.165) is 12.1 Å².